The van der Waals surface area contributed by atoms with Gasteiger partial charge in [-0.1, -0.05) is 13.0 Å². The van der Waals surface area contributed by atoms with Gasteiger partial charge in [0, 0.05) is 37.8 Å². The Balaban J connectivity index is 1.98. The van der Waals surface area contributed by atoms with Crippen LogP contribution in [-0.4, -0.2) is 39.4 Å². The molecule has 0 aromatic heterocycles. The maximum atomic E-state index is 13.2. The van der Waals surface area contributed by atoms with Gasteiger partial charge in [-0.3, -0.25) is 0 Å². The second-order valence-corrected chi connectivity index (χ2v) is 5.15. The van der Waals surface area contributed by atoms with Crippen molar-refractivity contribution in [2.45, 2.75) is 19.4 Å². The Bertz CT molecular complexity index is 397. The van der Waals surface area contributed by atoms with E-state index in [0.717, 1.165) is 38.4 Å². The van der Waals surface area contributed by atoms with Gasteiger partial charge in [-0.25, -0.2) is 4.39 Å². The average molecular weight is 266 g/mol. The normalized spacial score (nSPS) is 23.3. The molecule has 3 nitrogen and oxygen atoms in total. The first-order valence-corrected chi connectivity index (χ1v) is 6.98. The van der Waals surface area contributed by atoms with E-state index in [-0.39, 0.29) is 5.82 Å². The molecule has 1 aromatic rings. The zero-order valence-electron chi connectivity index (χ0n) is 11.7. The van der Waals surface area contributed by atoms with Gasteiger partial charge >= 0.3 is 0 Å². The van der Waals surface area contributed by atoms with Gasteiger partial charge in [0.05, 0.1) is 6.61 Å². The molecule has 1 N–H and O–H groups in total. The Morgan fingerprint density at radius 1 is 1.47 bits per heavy atom. The maximum absolute atomic E-state index is 13.2. The van der Waals surface area contributed by atoms with Crippen LogP contribution < -0.4 is 10.2 Å². The third-order valence-corrected chi connectivity index (χ3v) is 3.70. The number of hydrogen-bond donors (Lipinski definition) is 1. The number of nitrogens with zero attached hydrogens (tertiary/aromatic N) is 1. The predicted molar refractivity (Wildman–Crippen MR) is 76.1 cm³/mol. The first kappa shape index (κ1) is 14.3. The lowest BCUT2D eigenvalue weighted by atomic mass is 9.95. The zero-order valence-corrected chi connectivity index (χ0v) is 11.7. The van der Waals surface area contributed by atoms with Crippen LogP contribution in [0, 0.1) is 11.7 Å². The van der Waals surface area contributed by atoms with Crippen molar-refractivity contribution in [1.82, 2.24) is 5.32 Å². The Labute approximate surface area is 114 Å². The average Bonchev–Trinajstić information content (AvgIpc) is 2.41. The monoisotopic (exact) mass is 266 g/mol. The van der Waals surface area contributed by atoms with Crippen LogP contribution in [0.15, 0.2) is 24.3 Å². The van der Waals surface area contributed by atoms with Crippen LogP contribution in [0.25, 0.3) is 0 Å². The van der Waals surface area contributed by atoms with E-state index in [2.05, 4.69) is 17.1 Å². The molecule has 19 heavy (non-hydrogen) atoms. The Kier molecular flexibility index (Phi) is 5.16. The molecule has 0 aliphatic carbocycles. The summed E-state index contributed by atoms with van der Waals surface area (Å²) in [5.74, 6) is 0.259. The van der Waals surface area contributed by atoms with Crippen LogP contribution in [0.3, 0.4) is 0 Å². The highest BCUT2D eigenvalue weighted by atomic mass is 19.1. The second-order valence-electron chi connectivity index (χ2n) is 5.15. The third kappa shape index (κ3) is 3.91. The van der Waals surface area contributed by atoms with Crippen LogP contribution >= 0.6 is 0 Å². The molecule has 1 aromatic carbocycles. The van der Waals surface area contributed by atoms with Crippen molar-refractivity contribution in [3.63, 3.8) is 0 Å². The summed E-state index contributed by atoms with van der Waals surface area (Å²) in [5.41, 5.74) is 0.917. The number of hydrogen-bond acceptors (Lipinski definition) is 3. The van der Waals surface area contributed by atoms with Gasteiger partial charge in [0.25, 0.3) is 0 Å². The minimum atomic E-state index is -0.188. The number of nitrogens with one attached hydrogen (secondary N) is 1. The molecule has 2 unspecified atom stereocenters. The number of halogens is 1. The predicted octanol–water partition coefficient (Wildman–Crippen LogP) is 2.28. The molecule has 0 spiro atoms. The van der Waals surface area contributed by atoms with Gasteiger partial charge < -0.3 is 15.0 Å². The minimum Gasteiger partial charge on any atom is -0.381 e. The SMILES string of the molecule is CCNC1CCOCC1CN(C)c1cccc(F)c1. The van der Waals surface area contributed by atoms with Crippen LogP contribution in [0.2, 0.25) is 0 Å². The molecule has 1 saturated heterocycles. The summed E-state index contributed by atoms with van der Waals surface area (Å²) in [6.45, 7) is 5.59. The number of rotatable bonds is 5. The van der Waals surface area contributed by atoms with E-state index in [9.17, 15) is 4.39 Å². The molecule has 0 bridgehead atoms. The quantitative estimate of drug-likeness (QED) is 0.885. The van der Waals surface area contributed by atoms with Gasteiger partial charge in [0.15, 0.2) is 0 Å². The smallest absolute Gasteiger partial charge is 0.125 e. The van der Waals surface area contributed by atoms with Crippen molar-refractivity contribution in [3.8, 4) is 0 Å². The van der Waals surface area contributed by atoms with E-state index in [1.165, 1.54) is 6.07 Å². The highest BCUT2D eigenvalue weighted by Gasteiger charge is 2.26. The van der Waals surface area contributed by atoms with Crippen LogP contribution in [0.4, 0.5) is 10.1 Å². The standard InChI is InChI=1S/C15H23FN2O/c1-3-17-15-7-8-19-11-12(15)10-18(2)14-6-4-5-13(16)9-14/h4-6,9,12,15,17H,3,7-8,10-11H2,1-2H3. The van der Waals surface area contributed by atoms with Crippen molar-refractivity contribution in [1.29, 1.82) is 0 Å². The molecule has 0 saturated carbocycles. The maximum Gasteiger partial charge on any atom is 0.125 e. The molecule has 0 radical (unpaired) electrons. The van der Waals surface area contributed by atoms with Crippen LogP contribution in [0.1, 0.15) is 13.3 Å². The van der Waals surface area contributed by atoms with Crippen LogP contribution in [-0.2, 0) is 4.74 Å². The Morgan fingerprint density at radius 2 is 2.32 bits per heavy atom. The fraction of sp³-hybridized carbons (Fsp3) is 0.600. The van der Waals surface area contributed by atoms with E-state index < -0.39 is 0 Å². The van der Waals surface area contributed by atoms with Gasteiger partial charge in [-0.15, -0.1) is 0 Å². The summed E-state index contributed by atoms with van der Waals surface area (Å²) < 4.78 is 18.8. The third-order valence-electron chi connectivity index (χ3n) is 3.70. The van der Waals surface area contributed by atoms with E-state index >= 15 is 0 Å². The summed E-state index contributed by atoms with van der Waals surface area (Å²) in [5, 5.41) is 3.52. The van der Waals surface area contributed by atoms with Crippen molar-refractivity contribution >= 4 is 5.69 Å². The summed E-state index contributed by atoms with van der Waals surface area (Å²) in [6.07, 6.45) is 1.05. The molecule has 1 heterocycles. The van der Waals surface area contributed by atoms with Crippen molar-refractivity contribution in [2.24, 2.45) is 5.92 Å². The molecule has 2 rings (SSSR count). The van der Waals surface area contributed by atoms with Crippen molar-refractivity contribution < 1.29 is 9.13 Å². The van der Waals surface area contributed by atoms with Gasteiger partial charge in [0.1, 0.15) is 5.82 Å². The molecule has 1 aliphatic rings. The fourth-order valence-corrected chi connectivity index (χ4v) is 2.68. The first-order chi connectivity index (χ1) is 9.20. The summed E-state index contributed by atoms with van der Waals surface area (Å²) in [4.78, 5) is 2.10. The van der Waals surface area contributed by atoms with E-state index in [1.54, 1.807) is 12.1 Å². The van der Waals surface area contributed by atoms with Gasteiger partial charge in [-0.05, 0) is 31.2 Å². The lowest BCUT2D eigenvalue weighted by Crippen LogP contribution is -2.47. The summed E-state index contributed by atoms with van der Waals surface area (Å²) >= 11 is 0. The topological polar surface area (TPSA) is 24.5 Å². The summed E-state index contributed by atoms with van der Waals surface area (Å²) in [7, 11) is 2.01. The molecule has 4 heteroatoms. The molecule has 106 valence electrons. The number of anilines is 1. The van der Waals surface area contributed by atoms with E-state index in [1.807, 2.05) is 13.1 Å². The zero-order chi connectivity index (χ0) is 13.7. The minimum absolute atomic E-state index is 0.188. The van der Waals surface area contributed by atoms with Gasteiger partial charge in [0.2, 0.25) is 0 Å². The first-order valence-electron chi connectivity index (χ1n) is 6.98. The molecule has 2 atom stereocenters. The lowest BCUT2D eigenvalue weighted by molar-refractivity contribution is 0.0355. The Morgan fingerprint density at radius 3 is 3.05 bits per heavy atom. The van der Waals surface area contributed by atoms with E-state index in [4.69, 9.17) is 4.74 Å². The molecule has 0 amide bonds. The molecule has 1 fully saturated rings. The second kappa shape index (κ2) is 6.87. The Hall–Kier alpha value is -1.13. The van der Waals surface area contributed by atoms with Crippen LogP contribution in [0.5, 0.6) is 0 Å². The fourth-order valence-electron chi connectivity index (χ4n) is 2.68. The highest BCUT2D eigenvalue weighted by molar-refractivity contribution is 5.45. The van der Waals surface area contributed by atoms with Crippen molar-refractivity contribution in [2.75, 3.05) is 38.3 Å². The molecular formula is C15H23FN2O. The highest BCUT2D eigenvalue weighted by Crippen LogP contribution is 2.20. The number of benzene rings is 1. The van der Waals surface area contributed by atoms with Crippen molar-refractivity contribution in [3.05, 3.63) is 30.1 Å². The molecular weight excluding hydrogens is 243 g/mol. The largest absolute Gasteiger partial charge is 0.381 e. The van der Waals surface area contributed by atoms with Gasteiger partial charge in [-0.2, -0.15) is 0 Å². The summed E-state index contributed by atoms with van der Waals surface area (Å²) in [6, 6.07) is 7.24. The lowest BCUT2D eigenvalue weighted by Gasteiger charge is -2.35. The number of ether oxygens (including phenoxy) is 1. The molecule has 1 aliphatic heterocycles. The van der Waals surface area contributed by atoms with E-state index in [0.29, 0.717) is 12.0 Å².